The number of benzene rings is 1. The van der Waals surface area contributed by atoms with Gasteiger partial charge in [-0.05, 0) is 36.8 Å². The fourth-order valence-electron chi connectivity index (χ4n) is 3.77. The van der Waals surface area contributed by atoms with Crippen molar-refractivity contribution in [3.8, 4) is 5.75 Å². The highest BCUT2D eigenvalue weighted by molar-refractivity contribution is 5.83. The third-order valence-corrected chi connectivity index (χ3v) is 4.81. The van der Waals surface area contributed by atoms with Crippen molar-refractivity contribution >= 4 is 11.5 Å². The fraction of sp³-hybridized carbons (Fsp3) is 0.550. The number of anilines is 1. The Hall–Kier alpha value is -1.77. The van der Waals surface area contributed by atoms with Gasteiger partial charge in [0.25, 0.3) is 0 Å². The summed E-state index contributed by atoms with van der Waals surface area (Å²) in [5.41, 5.74) is 0.973. The first-order valence-corrected chi connectivity index (χ1v) is 8.44. The number of Topliss-reactive ketones (excluding diaryl/α,β-unsaturated/α-hetero) is 1. The smallest absolute Gasteiger partial charge is 0.141 e. The Bertz CT molecular complexity index is 577. The second kappa shape index (κ2) is 7.20. The summed E-state index contributed by atoms with van der Waals surface area (Å²) in [6.45, 7) is 8.61. The molecule has 3 heteroatoms. The van der Waals surface area contributed by atoms with Gasteiger partial charge in [0, 0.05) is 18.4 Å². The van der Waals surface area contributed by atoms with E-state index in [0.29, 0.717) is 18.1 Å². The van der Waals surface area contributed by atoms with E-state index in [-0.39, 0.29) is 17.4 Å². The lowest BCUT2D eigenvalue weighted by molar-refractivity contribution is -0.128. The molecule has 3 nitrogen and oxygen atoms in total. The molecule has 3 atom stereocenters. The third-order valence-electron chi connectivity index (χ3n) is 4.81. The molecule has 0 unspecified atom stereocenters. The average Bonchev–Trinajstić information content (AvgIpc) is 2.46. The van der Waals surface area contributed by atoms with E-state index < -0.39 is 0 Å². The number of ketones is 1. The molecule has 0 saturated carbocycles. The number of nitrogens with one attached hydrogen (secondary N) is 1. The first kappa shape index (κ1) is 17.6. The van der Waals surface area contributed by atoms with Crippen molar-refractivity contribution in [3.05, 3.63) is 36.4 Å². The van der Waals surface area contributed by atoms with Crippen molar-refractivity contribution in [2.45, 2.75) is 46.6 Å². The molecule has 0 radical (unpaired) electrons. The molecule has 1 aliphatic carbocycles. The minimum Gasteiger partial charge on any atom is -0.495 e. The monoisotopic (exact) mass is 315 g/mol. The minimum atomic E-state index is 0.0371. The van der Waals surface area contributed by atoms with Crippen LogP contribution >= 0.6 is 0 Å². The van der Waals surface area contributed by atoms with Crippen LogP contribution in [-0.4, -0.2) is 18.9 Å². The molecule has 0 amide bonds. The Labute approximate surface area is 140 Å². The van der Waals surface area contributed by atoms with Crippen molar-refractivity contribution in [3.63, 3.8) is 0 Å². The van der Waals surface area contributed by atoms with E-state index in [0.717, 1.165) is 17.9 Å². The summed E-state index contributed by atoms with van der Waals surface area (Å²) in [6.07, 6.45) is 5.91. The Morgan fingerprint density at radius 2 is 2.09 bits per heavy atom. The molecule has 23 heavy (non-hydrogen) atoms. The van der Waals surface area contributed by atoms with Crippen LogP contribution in [-0.2, 0) is 4.79 Å². The number of carbonyl (C=O) groups excluding carboxylic acids is 1. The van der Waals surface area contributed by atoms with Crippen LogP contribution in [0.5, 0.6) is 5.75 Å². The van der Waals surface area contributed by atoms with E-state index in [9.17, 15) is 4.79 Å². The molecule has 0 fully saturated rings. The van der Waals surface area contributed by atoms with Crippen LogP contribution in [0.15, 0.2) is 36.4 Å². The maximum atomic E-state index is 12.9. The van der Waals surface area contributed by atoms with Gasteiger partial charge in [-0.15, -0.1) is 0 Å². The topological polar surface area (TPSA) is 38.3 Å². The lowest BCUT2D eigenvalue weighted by atomic mass is 9.64. The largest absolute Gasteiger partial charge is 0.495 e. The zero-order valence-electron chi connectivity index (χ0n) is 14.9. The lowest BCUT2D eigenvalue weighted by Gasteiger charge is -2.39. The van der Waals surface area contributed by atoms with Gasteiger partial charge in [0.15, 0.2) is 0 Å². The minimum absolute atomic E-state index is 0.0371. The number of hydrogen-bond donors (Lipinski definition) is 1. The van der Waals surface area contributed by atoms with Crippen LogP contribution in [0, 0.1) is 17.3 Å². The third kappa shape index (κ3) is 4.15. The summed E-state index contributed by atoms with van der Waals surface area (Å²) in [7, 11) is 1.66. The van der Waals surface area contributed by atoms with Gasteiger partial charge in [-0.2, -0.15) is 0 Å². The maximum Gasteiger partial charge on any atom is 0.141 e. The molecule has 1 aliphatic rings. The van der Waals surface area contributed by atoms with Crippen molar-refractivity contribution in [1.82, 2.24) is 0 Å². The number of methoxy groups -OCH3 is 1. The molecule has 0 aliphatic heterocycles. The van der Waals surface area contributed by atoms with Crippen LogP contribution in [0.4, 0.5) is 5.69 Å². The summed E-state index contributed by atoms with van der Waals surface area (Å²) >= 11 is 0. The lowest BCUT2D eigenvalue weighted by Crippen LogP contribution is -2.39. The quantitative estimate of drug-likeness (QED) is 0.774. The normalized spacial score (nSPS) is 24.0. The molecule has 0 saturated heterocycles. The van der Waals surface area contributed by atoms with E-state index in [1.807, 2.05) is 24.3 Å². The zero-order valence-corrected chi connectivity index (χ0v) is 14.9. The van der Waals surface area contributed by atoms with Gasteiger partial charge in [0.1, 0.15) is 11.5 Å². The predicted molar refractivity (Wildman–Crippen MR) is 95.9 cm³/mol. The number of para-hydroxylation sites is 2. The summed E-state index contributed by atoms with van der Waals surface area (Å²) < 4.78 is 5.36. The van der Waals surface area contributed by atoms with Gasteiger partial charge in [-0.25, -0.2) is 0 Å². The van der Waals surface area contributed by atoms with E-state index >= 15 is 0 Å². The standard InChI is InChI=1S/C20H29NO2/c1-14-9-8-12-20(3,4)19(14)17(22)13-15(2)21-16-10-6-7-11-18(16)23-5/h6-11,14-15,19,21H,12-13H2,1-5H3/t14-,15-,19+/m1/s1. The average molecular weight is 315 g/mol. The number of carbonyl (C=O) groups is 1. The second-order valence-electron chi connectivity index (χ2n) is 7.37. The summed E-state index contributed by atoms with van der Waals surface area (Å²) in [4.78, 5) is 12.9. The Balaban J connectivity index is 2.03. The SMILES string of the molecule is COc1ccccc1N[C@H](C)CC(=O)[C@@H]1[C@H](C)C=CCC1(C)C. The van der Waals surface area contributed by atoms with Gasteiger partial charge in [0.2, 0.25) is 0 Å². The molecule has 2 rings (SSSR count). The number of allylic oxidation sites excluding steroid dienone is 2. The van der Waals surface area contributed by atoms with Gasteiger partial charge < -0.3 is 10.1 Å². The van der Waals surface area contributed by atoms with Crippen molar-refractivity contribution in [2.75, 3.05) is 12.4 Å². The highest BCUT2D eigenvalue weighted by atomic mass is 16.5. The Kier molecular flexibility index (Phi) is 5.51. The molecular weight excluding hydrogens is 286 g/mol. The summed E-state index contributed by atoms with van der Waals surface area (Å²) in [6, 6.07) is 7.89. The maximum absolute atomic E-state index is 12.9. The molecule has 1 N–H and O–H groups in total. The fourth-order valence-corrected chi connectivity index (χ4v) is 3.77. The van der Waals surface area contributed by atoms with Crippen molar-refractivity contribution in [2.24, 2.45) is 17.3 Å². The van der Waals surface area contributed by atoms with Gasteiger partial charge in [-0.3, -0.25) is 4.79 Å². The first-order valence-electron chi connectivity index (χ1n) is 8.44. The van der Waals surface area contributed by atoms with Gasteiger partial charge in [-0.1, -0.05) is 45.1 Å². The Morgan fingerprint density at radius 3 is 2.74 bits per heavy atom. The first-order chi connectivity index (χ1) is 10.8. The molecule has 0 aromatic heterocycles. The Morgan fingerprint density at radius 1 is 1.39 bits per heavy atom. The number of ether oxygens (including phenoxy) is 1. The highest BCUT2D eigenvalue weighted by Crippen LogP contribution is 2.41. The van der Waals surface area contributed by atoms with Crippen LogP contribution in [0.2, 0.25) is 0 Å². The number of hydrogen-bond acceptors (Lipinski definition) is 3. The van der Waals surface area contributed by atoms with E-state index in [1.54, 1.807) is 7.11 Å². The number of rotatable bonds is 6. The molecule has 1 aromatic carbocycles. The summed E-state index contributed by atoms with van der Waals surface area (Å²) in [5.74, 6) is 1.56. The zero-order chi connectivity index (χ0) is 17.0. The molecule has 0 bridgehead atoms. The summed E-state index contributed by atoms with van der Waals surface area (Å²) in [5, 5.41) is 3.41. The van der Waals surface area contributed by atoms with E-state index in [1.165, 1.54) is 0 Å². The molecule has 0 heterocycles. The molecule has 1 aromatic rings. The van der Waals surface area contributed by atoms with Crippen LogP contribution in [0.25, 0.3) is 0 Å². The molecule has 0 spiro atoms. The van der Waals surface area contributed by atoms with Gasteiger partial charge >= 0.3 is 0 Å². The van der Waals surface area contributed by atoms with Crippen molar-refractivity contribution in [1.29, 1.82) is 0 Å². The van der Waals surface area contributed by atoms with Crippen LogP contribution in [0.1, 0.15) is 40.5 Å². The predicted octanol–water partition coefficient (Wildman–Crippen LogP) is 4.69. The van der Waals surface area contributed by atoms with Crippen LogP contribution in [0.3, 0.4) is 0 Å². The van der Waals surface area contributed by atoms with Crippen LogP contribution < -0.4 is 10.1 Å². The molecular formula is C20H29NO2. The highest BCUT2D eigenvalue weighted by Gasteiger charge is 2.39. The van der Waals surface area contributed by atoms with E-state index in [2.05, 4.69) is 45.2 Å². The van der Waals surface area contributed by atoms with E-state index in [4.69, 9.17) is 4.74 Å². The van der Waals surface area contributed by atoms with Gasteiger partial charge in [0.05, 0.1) is 12.8 Å². The van der Waals surface area contributed by atoms with Crippen molar-refractivity contribution < 1.29 is 9.53 Å². The molecule has 126 valence electrons. The second-order valence-corrected chi connectivity index (χ2v) is 7.37.